The minimum atomic E-state index is 0.131. The van der Waals surface area contributed by atoms with Gasteiger partial charge in [-0.1, -0.05) is 183 Å². The van der Waals surface area contributed by atoms with Crippen molar-refractivity contribution in [3.05, 3.63) is 223 Å². The molecule has 10 aromatic rings. The molecule has 2 aliphatic carbocycles. The van der Waals surface area contributed by atoms with E-state index in [0.717, 1.165) is 44.6 Å². The second kappa shape index (κ2) is 14.4. The van der Waals surface area contributed by atoms with E-state index in [0.29, 0.717) is 0 Å². The van der Waals surface area contributed by atoms with Crippen molar-refractivity contribution < 1.29 is 4.42 Å². The van der Waals surface area contributed by atoms with Gasteiger partial charge in [-0.25, -0.2) is 0 Å². The highest BCUT2D eigenvalue weighted by molar-refractivity contribution is 6.14. The minimum Gasteiger partial charge on any atom is -0.456 e. The van der Waals surface area contributed by atoms with Crippen LogP contribution in [0.3, 0.4) is 0 Å². The lowest BCUT2D eigenvalue weighted by molar-refractivity contribution is 0.550. The van der Waals surface area contributed by atoms with Crippen LogP contribution in [0.4, 0.5) is 17.1 Å². The van der Waals surface area contributed by atoms with Crippen molar-refractivity contribution in [2.45, 2.75) is 31.1 Å². The third-order valence-electron chi connectivity index (χ3n) is 13.5. The van der Waals surface area contributed by atoms with Crippen molar-refractivity contribution in [3.8, 4) is 55.6 Å². The van der Waals surface area contributed by atoms with E-state index < -0.39 is 0 Å². The fraction of sp³-hybridized carbons (Fsp3) is 0.0847. The zero-order valence-corrected chi connectivity index (χ0v) is 33.9. The first-order chi connectivity index (χ1) is 30.2. The fourth-order valence-corrected chi connectivity index (χ4v) is 10.7. The SMILES string of the molecule is c1ccc(-c2ccccc2-c2ccccc2-c2ccccc2N(c2ccc(-c3ccc4c(c3)C3(CCCC3)c3ccccc3-4)cc2)c2cccc3oc4ccccc4c23)cc1. The number of rotatable bonds is 7. The number of anilines is 3. The molecular weight excluding hydrogens is 739 g/mol. The first kappa shape index (κ1) is 35.5. The van der Waals surface area contributed by atoms with Gasteiger partial charge in [0.1, 0.15) is 11.2 Å². The molecule has 1 fully saturated rings. The van der Waals surface area contributed by atoms with Gasteiger partial charge in [0.25, 0.3) is 0 Å². The topological polar surface area (TPSA) is 16.4 Å². The van der Waals surface area contributed by atoms with Gasteiger partial charge >= 0.3 is 0 Å². The molecule has 0 amide bonds. The molecule has 1 saturated carbocycles. The molecule has 0 bridgehead atoms. The van der Waals surface area contributed by atoms with E-state index in [1.54, 1.807) is 0 Å². The molecule has 2 nitrogen and oxygen atoms in total. The van der Waals surface area contributed by atoms with E-state index in [1.807, 2.05) is 6.07 Å². The molecule has 9 aromatic carbocycles. The summed E-state index contributed by atoms with van der Waals surface area (Å²) in [5, 5.41) is 2.20. The molecule has 61 heavy (non-hydrogen) atoms. The van der Waals surface area contributed by atoms with Gasteiger partial charge < -0.3 is 9.32 Å². The first-order valence-corrected chi connectivity index (χ1v) is 21.6. The highest BCUT2D eigenvalue weighted by atomic mass is 16.3. The van der Waals surface area contributed by atoms with Gasteiger partial charge in [-0.3, -0.25) is 0 Å². The molecule has 0 unspecified atom stereocenters. The molecule has 2 aliphatic rings. The predicted octanol–water partition coefficient (Wildman–Crippen LogP) is 16.6. The third-order valence-corrected chi connectivity index (χ3v) is 13.5. The van der Waals surface area contributed by atoms with Crippen molar-refractivity contribution >= 4 is 39.0 Å². The zero-order chi connectivity index (χ0) is 40.3. The molecule has 0 atom stereocenters. The van der Waals surface area contributed by atoms with Gasteiger partial charge in [0, 0.05) is 22.1 Å². The Hall–Kier alpha value is -7.42. The van der Waals surface area contributed by atoms with Gasteiger partial charge in [0.2, 0.25) is 0 Å². The normalized spacial score (nSPS) is 13.8. The lowest BCUT2D eigenvalue weighted by Crippen LogP contribution is -2.20. The molecule has 2 heteroatoms. The van der Waals surface area contributed by atoms with Crippen LogP contribution in [0.1, 0.15) is 36.8 Å². The summed E-state index contributed by atoms with van der Waals surface area (Å²) in [7, 11) is 0. The van der Waals surface area contributed by atoms with Crippen LogP contribution in [0.15, 0.2) is 217 Å². The minimum absolute atomic E-state index is 0.131. The molecule has 0 saturated heterocycles. The molecule has 1 aromatic heterocycles. The van der Waals surface area contributed by atoms with Crippen molar-refractivity contribution in [2.75, 3.05) is 4.90 Å². The zero-order valence-electron chi connectivity index (χ0n) is 33.9. The second-order valence-corrected chi connectivity index (χ2v) is 16.7. The first-order valence-electron chi connectivity index (χ1n) is 21.6. The molecular formula is C59H43NO. The van der Waals surface area contributed by atoms with Gasteiger partial charge in [0.15, 0.2) is 0 Å². The Morgan fingerprint density at radius 2 is 0.918 bits per heavy atom. The Balaban J connectivity index is 1.03. The van der Waals surface area contributed by atoms with Crippen molar-refractivity contribution in [2.24, 2.45) is 0 Å². The molecule has 0 aliphatic heterocycles. The van der Waals surface area contributed by atoms with E-state index in [9.17, 15) is 0 Å². The average Bonchev–Trinajstić information content (AvgIpc) is 4.05. The number of para-hydroxylation sites is 2. The van der Waals surface area contributed by atoms with Crippen LogP contribution >= 0.6 is 0 Å². The number of hydrogen-bond donors (Lipinski definition) is 0. The predicted molar refractivity (Wildman–Crippen MR) is 255 cm³/mol. The summed E-state index contributed by atoms with van der Waals surface area (Å²) in [4.78, 5) is 2.44. The van der Waals surface area contributed by atoms with Crippen LogP contribution in [0.5, 0.6) is 0 Å². The van der Waals surface area contributed by atoms with Crippen molar-refractivity contribution in [1.29, 1.82) is 0 Å². The smallest absolute Gasteiger partial charge is 0.137 e. The quantitative estimate of drug-likeness (QED) is 0.160. The lowest BCUT2D eigenvalue weighted by Gasteiger charge is -2.29. The second-order valence-electron chi connectivity index (χ2n) is 16.7. The summed E-state index contributed by atoms with van der Waals surface area (Å²) in [6.07, 6.45) is 5.02. The van der Waals surface area contributed by atoms with E-state index in [2.05, 4.69) is 211 Å². The van der Waals surface area contributed by atoms with Gasteiger partial charge in [-0.05, 0) is 117 Å². The Kier molecular flexibility index (Phi) is 8.38. The van der Waals surface area contributed by atoms with E-state index in [-0.39, 0.29) is 5.41 Å². The maximum absolute atomic E-state index is 6.51. The molecule has 0 N–H and O–H groups in total. The van der Waals surface area contributed by atoms with Crippen LogP contribution in [0, 0.1) is 0 Å². The average molecular weight is 782 g/mol. The summed E-state index contributed by atoms with van der Waals surface area (Å²) < 4.78 is 6.51. The van der Waals surface area contributed by atoms with Gasteiger partial charge in [0.05, 0.1) is 16.8 Å². The van der Waals surface area contributed by atoms with E-state index in [1.165, 1.54) is 86.9 Å². The lowest BCUT2D eigenvalue weighted by atomic mass is 9.76. The molecule has 12 rings (SSSR count). The summed E-state index contributed by atoms with van der Waals surface area (Å²) >= 11 is 0. The van der Waals surface area contributed by atoms with Crippen molar-refractivity contribution in [3.63, 3.8) is 0 Å². The largest absolute Gasteiger partial charge is 0.456 e. The molecule has 1 heterocycles. The third kappa shape index (κ3) is 5.70. The number of fused-ring (bicyclic) bond motifs is 8. The van der Waals surface area contributed by atoms with Crippen LogP contribution < -0.4 is 4.90 Å². The summed E-state index contributed by atoms with van der Waals surface area (Å²) in [6, 6.07) is 77.6. The van der Waals surface area contributed by atoms with E-state index in [4.69, 9.17) is 4.42 Å². The molecule has 290 valence electrons. The van der Waals surface area contributed by atoms with Crippen LogP contribution in [-0.2, 0) is 5.41 Å². The highest BCUT2D eigenvalue weighted by Gasteiger charge is 2.44. The summed E-state index contributed by atoms with van der Waals surface area (Å²) in [6.45, 7) is 0. The Labute approximate surface area is 357 Å². The van der Waals surface area contributed by atoms with Gasteiger partial charge in [-0.2, -0.15) is 0 Å². The Bertz CT molecular complexity index is 3260. The summed E-state index contributed by atoms with van der Waals surface area (Å²) in [5.41, 5.74) is 20.6. The van der Waals surface area contributed by atoms with Gasteiger partial charge in [-0.15, -0.1) is 0 Å². The number of hydrogen-bond acceptors (Lipinski definition) is 2. The van der Waals surface area contributed by atoms with Crippen molar-refractivity contribution in [1.82, 2.24) is 0 Å². The van der Waals surface area contributed by atoms with Crippen LogP contribution in [0.25, 0.3) is 77.6 Å². The number of furan rings is 1. The molecule has 1 spiro atoms. The highest BCUT2D eigenvalue weighted by Crippen LogP contribution is 2.57. The fourth-order valence-electron chi connectivity index (χ4n) is 10.7. The van der Waals surface area contributed by atoms with Crippen LogP contribution in [0.2, 0.25) is 0 Å². The Morgan fingerprint density at radius 3 is 1.70 bits per heavy atom. The standard InChI is InChI=1S/C59H43NO/c1-2-17-41(18-3-1)44-19-4-5-20-45(44)46-21-6-7-22-47(46)50-24-9-12-27-54(50)60(55-28-16-30-57-58(55)51-25-10-13-29-56(51)61-57)43-34-31-40(32-35-43)42-33-36-49-48-23-8-11-26-52(48)59(53(49)39-42)37-14-15-38-59/h1-13,16-36,39H,14-15,37-38H2. The maximum Gasteiger partial charge on any atom is 0.137 e. The molecule has 0 radical (unpaired) electrons. The Morgan fingerprint density at radius 1 is 0.361 bits per heavy atom. The monoisotopic (exact) mass is 781 g/mol. The maximum atomic E-state index is 6.51. The summed E-state index contributed by atoms with van der Waals surface area (Å²) in [5.74, 6) is 0. The number of nitrogens with zero attached hydrogens (tertiary/aromatic N) is 1. The van der Waals surface area contributed by atoms with E-state index >= 15 is 0 Å². The number of benzene rings is 9. The van der Waals surface area contributed by atoms with Crippen LogP contribution in [-0.4, -0.2) is 0 Å².